The van der Waals surface area contributed by atoms with Gasteiger partial charge in [0.15, 0.2) is 5.54 Å². The van der Waals surface area contributed by atoms with Crippen LogP contribution in [0.1, 0.15) is 18.9 Å². The lowest BCUT2D eigenvalue weighted by atomic mass is 10.00. The molecule has 31 heavy (non-hydrogen) atoms. The average molecular weight is 435 g/mol. The van der Waals surface area contributed by atoms with Crippen molar-refractivity contribution in [2.24, 2.45) is 0 Å². The predicted octanol–water partition coefficient (Wildman–Crippen LogP) is 2.19. The third-order valence-corrected chi connectivity index (χ3v) is 6.69. The lowest BCUT2D eigenvalue weighted by Crippen LogP contribution is -2.56. The molecular weight excluding hydrogens is 411 g/mol. The highest BCUT2D eigenvalue weighted by Crippen LogP contribution is 2.43. The lowest BCUT2D eigenvalue weighted by molar-refractivity contribution is -0.182. The molecule has 3 aliphatic rings. The van der Waals surface area contributed by atoms with Crippen LogP contribution in [0.4, 0.5) is 30.6 Å². The molecule has 1 aromatic carbocycles. The van der Waals surface area contributed by atoms with Crippen LogP contribution < -0.4 is 21.1 Å². The van der Waals surface area contributed by atoms with Gasteiger partial charge < -0.3 is 20.3 Å². The van der Waals surface area contributed by atoms with Crippen LogP contribution in [0.15, 0.2) is 35.1 Å². The fourth-order valence-electron chi connectivity index (χ4n) is 4.79. The summed E-state index contributed by atoms with van der Waals surface area (Å²) in [7, 11) is 0. The summed E-state index contributed by atoms with van der Waals surface area (Å²) in [5.74, 6) is 0.498. The van der Waals surface area contributed by atoms with E-state index in [1.165, 1.54) is 11.0 Å². The van der Waals surface area contributed by atoms with Crippen LogP contribution in [0.2, 0.25) is 0 Å². The van der Waals surface area contributed by atoms with E-state index < -0.39 is 23.8 Å². The normalized spacial score (nSPS) is 27.2. The van der Waals surface area contributed by atoms with Crippen molar-refractivity contribution in [2.45, 2.75) is 50.2 Å². The van der Waals surface area contributed by atoms with Crippen LogP contribution in [-0.4, -0.2) is 53.1 Å². The van der Waals surface area contributed by atoms with Crippen molar-refractivity contribution in [1.29, 1.82) is 0 Å². The first kappa shape index (κ1) is 20.2. The van der Waals surface area contributed by atoms with Crippen molar-refractivity contribution in [3.05, 3.63) is 46.2 Å². The van der Waals surface area contributed by atoms with Crippen LogP contribution in [-0.2, 0) is 17.7 Å². The minimum atomic E-state index is -4.53. The maximum Gasteiger partial charge on any atom is 0.413 e. The molecular formula is C21H24F3N5O2. The Kier molecular flexibility index (Phi) is 4.47. The molecule has 2 saturated heterocycles. The third kappa shape index (κ3) is 3.24. The molecule has 2 aromatic rings. The average Bonchev–Trinajstić information content (AvgIpc) is 3.41. The number of alkyl halides is 3. The number of anilines is 3. The Morgan fingerprint density at radius 1 is 1.29 bits per heavy atom. The van der Waals surface area contributed by atoms with E-state index in [9.17, 15) is 18.0 Å². The Morgan fingerprint density at radius 2 is 2.03 bits per heavy atom. The van der Waals surface area contributed by atoms with Gasteiger partial charge in [0.2, 0.25) is 5.95 Å². The number of morpholine rings is 1. The maximum absolute atomic E-state index is 14.2. The standard InChI is InChI=1S/C21H24F3N5O2/c1-20(21(22,23)24)12-28-18(30)9-17(27-10-16-8-15(27)11-31-16)26-19(28)29(20)7-6-13-2-4-14(25)5-3-13/h2-5,9,15-16H,6-8,10-12,25H2,1H3/t15-,16-,20-/m0/s1. The molecule has 0 spiro atoms. The number of halogens is 3. The predicted molar refractivity (Wildman–Crippen MR) is 110 cm³/mol. The Hall–Kier alpha value is -2.75. The SMILES string of the molecule is C[C@@]1(C(F)(F)F)Cn2c(nc(N3C[C@@H]4C[C@H]3CO4)cc2=O)N1CCc1ccc(N)cc1. The molecule has 3 aliphatic heterocycles. The summed E-state index contributed by atoms with van der Waals surface area (Å²) < 4.78 is 49.2. The Morgan fingerprint density at radius 3 is 2.65 bits per heavy atom. The molecule has 3 atom stereocenters. The zero-order valence-electron chi connectivity index (χ0n) is 17.1. The van der Waals surface area contributed by atoms with Crippen molar-refractivity contribution in [2.75, 3.05) is 35.2 Å². The summed E-state index contributed by atoms with van der Waals surface area (Å²) in [6, 6.07) is 8.51. The van der Waals surface area contributed by atoms with Gasteiger partial charge in [-0.25, -0.2) is 0 Å². The molecule has 166 valence electrons. The van der Waals surface area contributed by atoms with E-state index in [-0.39, 0.29) is 24.6 Å². The monoisotopic (exact) mass is 435 g/mol. The number of ether oxygens (including phenoxy) is 1. The van der Waals surface area contributed by atoms with E-state index in [4.69, 9.17) is 10.5 Å². The van der Waals surface area contributed by atoms with Crippen molar-refractivity contribution in [3.8, 4) is 0 Å². The molecule has 4 heterocycles. The summed E-state index contributed by atoms with van der Waals surface area (Å²) in [5, 5.41) is 0. The van der Waals surface area contributed by atoms with Gasteiger partial charge >= 0.3 is 6.18 Å². The first-order valence-electron chi connectivity index (χ1n) is 10.3. The first-order chi connectivity index (χ1) is 14.7. The summed E-state index contributed by atoms with van der Waals surface area (Å²) in [6.07, 6.45) is -3.23. The molecule has 0 saturated carbocycles. The Labute approximate surface area is 177 Å². The number of benzene rings is 1. The Balaban J connectivity index is 1.51. The summed E-state index contributed by atoms with van der Waals surface area (Å²) in [5.41, 5.74) is 4.49. The van der Waals surface area contributed by atoms with E-state index in [0.29, 0.717) is 31.1 Å². The molecule has 0 unspecified atom stereocenters. The number of rotatable bonds is 4. The molecule has 0 radical (unpaired) electrons. The number of aromatic nitrogens is 2. The molecule has 0 amide bonds. The zero-order valence-corrected chi connectivity index (χ0v) is 17.1. The van der Waals surface area contributed by atoms with Crippen LogP contribution in [0.25, 0.3) is 0 Å². The highest BCUT2D eigenvalue weighted by Gasteiger charge is 2.59. The molecule has 1 aromatic heterocycles. The van der Waals surface area contributed by atoms with E-state index in [0.717, 1.165) is 23.5 Å². The molecule has 7 nitrogen and oxygen atoms in total. The fourth-order valence-corrected chi connectivity index (χ4v) is 4.79. The highest BCUT2D eigenvalue weighted by atomic mass is 19.4. The zero-order chi connectivity index (χ0) is 22.0. The second-order valence-corrected chi connectivity index (χ2v) is 8.75. The van der Waals surface area contributed by atoms with Gasteiger partial charge in [0.05, 0.1) is 25.3 Å². The minimum absolute atomic E-state index is 0.0708. The summed E-state index contributed by atoms with van der Waals surface area (Å²) >= 11 is 0. The van der Waals surface area contributed by atoms with Crippen molar-refractivity contribution in [3.63, 3.8) is 0 Å². The first-order valence-corrected chi connectivity index (χ1v) is 10.3. The lowest BCUT2D eigenvalue weighted by Gasteiger charge is -2.37. The van der Waals surface area contributed by atoms with E-state index in [1.54, 1.807) is 24.3 Å². The van der Waals surface area contributed by atoms with Crippen molar-refractivity contribution >= 4 is 17.5 Å². The number of nitrogens with zero attached hydrogens (tertiary/aromatic N) is 4. The van der Waals surface area contributed by atoms with Crippen molar-refractivity contribution < 1.29 is 17.9 Å². The fraction of sp³-hybridized carbons (Fsp3) is 0.524. The molecule has 5 rings (SSSR count). The van der Waals surface area contributed by atoms with Gasteiger partial charge in [-0.3, -0.25) is 9.36 Å². The maximum atomic E-state index is 14.2. The van der Waals surface area contributed by atoms with Crippen LogP contribution in [0.5, 0.6) is 0 Å². The summed E-state index contributed by atoms with van der Waals surface area (Å²) in [4.78, 5) is 20.6. The van der Waals surface area contributed by atoms with Gasteiger partial charge in [-0.15, -0.1) is 0 Å². The number of hydrogen-bond donors (Lipinski definition) is 1. The Bertz CT molecular complexity index is 1050. The quantitative estimate of drug-likeness (QED) is 0.742. The number of hydrogen-bond acceptors (Lipinski definition) is 6. The number of nitrogen functional groups attached to an aromatic ring is 1. The molecule has 10 heteroatoms. The topological polar surface area (TPSA) is 76.6 Å². The molecule has 2 N–H and O–H groups in total. The van der Waals surface area contributed by atoms with Gasteiger partial charge in [0.25, 0.3) is 5.56 Å². The molecule has 2 fully saturated rings. The van der Waals surface area contributed by atoms with E-state index >= 15 is 0 Å². The second-order valence-electron chi connectivity index (χ2n) is 8.75. The van der Waals surface area contributed by atoms with Gasteiger partial charge in [0.1, 0.15) is 5.82 Å². The summed E-state index contributed by atoms with van der Waals surface area (Å²) in [6.45, 7) is 1.88. The second kappa shape index (κ2) is 6.88. The number of nitrogens with two attached hydrogens (primary N) is 1. The van der Waals surface area contributed by atoms with Gasteiger partial charge in [0, 0.05) is 24.8 Å². The smallest absolute Gasteiger partial charge is 0.399 e. The van der Waals surface area contributed by atoms with E-state index in [2.05, 4.69) is 4.98 Å². The highest BCUT2D eigenvalue weighted by molar-refractivity contribution is 5.51. The third-order valence-electron chi connectivity index (χ3n) is 6.69. The van der Waals surface area contributed by atoms with Gasteiger partial charge in [-0.1, -0.05) is 12.1 Å². The largest absolute Gasteiger partial charge is 0.413 e. The van der Waals surface area contributed by atoms with Crippen molar-refractivity contribution in [1.82, 2.24) is 9.55 Å². The van der Waals surface area contributed by atoms with Gasteiger partial charge in [-0.05, 0) is 37.5 Å². The molecule has 0 aliphatic carbocycles. The van der Waals surface area contributed by atoms with E-state index in [1.807, 2.05) is 4.90 Å². The number of fused-ring (bicyclic) bond motifs is 3. The van der Waals surface area contributed by atoms with Crippen LogP contribution >= 0.6 is 0 Å². The van der Waals surface area contributed by atoms with Crippen LogP contribution in [0.3, 0.4) is 0 Å². The molecule has 2 bridgehead atoms. The minimum Gasteiger partial charge on any atom is -0.399 e. The van der Waals surface area contributed by atoms with Gasteiger partial charge in [-0.2, -0.15) is 18.2 Å². The van der Waals surface area contributed by atoms with Crippen LogP contribution in [0, 0.1) is 0 Å².